The summed E-state index contributed by atoms with van der Waals surface area (Å²) in [6, 6.07) is 14.1. The Labute approximate surface area is 123 Å². The molecule has 0 saturated carbocycles. The normalized spacial score (nSPS) is 10.5. The van der Waals surface area contributed by atoms with Crippen LogP contribution in [0.1, 0.15) is 22.8 Å². The summed E-state index contributed by atoms with van der Waals surface area (Å²) in [5.74, 6) is 0.526. The van der Waals surface area contributed by atoms with Gasteiger partial charge in [0, 0.05) is 11.3 Å². The van der Waals surface area contributed by atoms with E-state index in [1.807, 2.05) is 31.2 Å². The van der Waals surface area contributed by atoms with Gasteiger partial charge in [-0.25, -0.2) is 5.43 Å². The fourth-order valence-corrected chi connectivity index (χ4v) is 1.68. The lowest BCUT2D eigenvalue weighted by molar-refractivity contribution is 0.0955. The summed E-state index contributed by atoms with van der Waals surface area (Å²) in [5, 5.41) is 3.92. The van der Waals surface area contributed by atoms with Crippen LogP contribution in [0.5, 0.6) is 5.75 Å². The number of hydrogen-bond acceptors (Lipinski definition) is 4. The van der Waals surface area contributed by atoms with Crippen molar-refractivity contribution in [1.82, 2.24) is 5.43 Å². The van der Waals surface area contributed by atoms with Crippen LogP contribution in [0.15, 0.2) is 53.6 Å². The zero-order chi connectivity index (χ0) is 15.1. The Morgan fingerprint density at radius 1 is 1.19 bits per heavy atom. The maximum atomic E-state index is 11.8. The van der Waals surface area contributed by atoms with Crippen molar-refractivity contribution in [2.24, 2.45) is 5.10 Å². The van der Waals surface area contributed by atoms with Crippen molar-refractivity contribution in [3.8, 4) is 5.75 Å². The van der Waals surface area contributed by atoms with E-state index in [9.17, 15) is 4.79 Å². The van der Waals surface area contributed by atoms with Crippen molar-refractivity contribution in [2.75, 3.05) is 12.3 Å². The molecule has 2 rings (SSSR count). The summed E-state index contributed by atoms with van der Waals surface area (Å²) < 4.78 is 5.35. The quantitative estimate of drug-likeness (QED) is 0.502. The van der Waals surface area contributed by atoms with Crippen molar-refractivity contribution in [3.05, 3.63) is 59.7 Å². The summed E-state index contributed by atoms with van der Waals surface area (Å²) in [6.45, 7) is 2.56. The molecule has 0 heterocycles. The minimum absolute atomic E-state index is 0.280. The third-order valence-electron chi connectivity index (χ3n) is 2.74. The molecule has 0 bridgehead atoms. The van der Waals surface area contributed by atoms with Crippen LogP contribution >= 0.6 is 0 Å². The number of nitrogen functional groups attached to an aromatic ring is 1. The lowest BCUT2D eigenvalue weighted by Gasteiger charge is -2.02. The van der Waals surface area contributed by atoms with Gasteiger partial charge < -0.3 is 10.5 Å². The van der Waals surface area contributed by atoms with Crippen molar-refractivity contribution in [1.29, 1.82) is 0 Å². The third kappa shape index (κ3) is 4.35. The molecular formula is C16H17N3O2. The molecule has 0 unspecified atom stereocenters. The molecule has 5 heteroatoms. The highest BCUT2D eigenvalue weighted by Gasteiger charge is 2.02. The molecular weight excluding hydrogens is 266 g/mol. The van der Waals surface area contributed by atoms with Crippen LogP contribution in [-0.2, 0) is 0 Å². The predicted molar refractivity (Wildman–Crippen MR) is 83.5 cm³/mol. The second kappa shape index (κ2) is 7.09. The van der Waals surface area contributed by atoms with Gasteiger partial charge in [-0.3, -0.25) is 4.79 Å². The van der Waals surface area contributed by atoms with Crippen LogP contribution in [0.2, 0.25) is 0 Å². The molecule has 0 aliphatic rings. The summed E-state index contributed by atoms with van der Waals surface area (Å²) >= 11 is 0. The monoisotopic (exact) mass is 283 g/mol. The second-order valence-corrected chi connectivity index (χ2v) is 4.32. The Kier molecular flexibility index (Phi) is 4.93. The summed E-state index contributed by atoms with van der Waals surface area (Å²) in [4.78, 5) is 11.8. The molecule has 0 spiro atoms. The van der Waals surface area contributed by atoms with Crippen LogP contribution in [0, 0.1) is 0 Å². The van der Waals surface area contributed by atoms with Crippen molar-refractivity contribution in [2.45, 2.75) is 6.92 Å². The molecule has 0 aliphatic heterocycles. The standard InChI is InChI=1S/C16H17N3O2/c1-2-21-15-9-3-12(4-10-15)11-18-19-16(20)13-5-7-14(17)8-6-13/h3-11H,2,17H2,1H3,(H,19,20). The van der Waals surface area contributed by atoms with E-state index in [0.29, 0.717) is 17.9 Å². The summed E-state index contributed by atoms with van der Waals surface area (Å²) in [5.41, 5.74) is 10.0. The zero-order valence-corrected chi connectivity index (χ0v) is 11.7. The Morgan fingerprint density at radius 3 is 2.48 bits per heavy atom. The number of nitrogens with zero attached hydrogens (tertiary/aromatic N) is 1. The number of nitrogens with two attached hydrogens (primary N) is 1. The number of carbonyl (C=O) groups is 1. The molecule has 108 valence electrons. The highest BCUT2D eigenvalue weighted by molar-refractivity contribution is 5.95. The van der Waals surface area contributed by atoms with Crippen LogP contribution in [0.4, 0.5) is 5.69 Å². The molecule has 0 radical (unpaired) electrons. The van der Waals surface area contributed by atoms with Gasteiger partial charge in [-0.2, -0.15) is 5.10 Å². The fraction of sp³-hybridized carbons (Fsp3) is 0.125. The van der Waals surface area contributed by atoms with Gasteiger partial charge in [0.25, 0.3) is 5.91 Å². The fourth-order valence-electron chi connectivity index (χ4n) is 1.68. The SMILES string of the molecule is CCOc1ccc(C=NNC(=O)c2ccc(N)cc2)cc1. The number of rotatable bonds is 5. The Morgan fingerprint density at radius 2 is 1.86 bits per heavy atom. The predicted octanol–water partition coefficient (Wildman–Crippen LogP) is 2.43. The molecule has 0 saturated heterocycles. The minimum atomic E-state index is -0.280. The van der Waals surface area contributed by atoms with Crippen LogP contribution < -0.4 is 15.9 Å². The summed E-state index contributed by atoms with van der Waals surface area (Å²) in [6.07, 6.45) is 1.57. The second-order valence-electron chi connectivity index (χ2n) is 4.32. The first-order valence-electron chi connectivity index (χ1n) is 6.61. The van der Waals surface area contributed by atoms with Crippen LogP contribution in [0.25, 0.3) is 0 Å². The lowest BCUT2D eigenvalue weighted by atomic mass is 10.2. The van der Waals surface area contributed by atoms with E-state index in [-0.39, 0.29) is 5.91 Å². The largest absolute Gasteiger partial charge is 0.494 e. The Bertz CT molecular complexity index is 619. The molecule has 21 heavy (non-hydrogen) atoms. The molecule has 0 aromatic heterocycles. The maximum absolute atomic E-state index is 11.8. The van der Waals surface area contributed by atoms with Gasteiger partial charge in [0.05, 0.1) is 12.8 Å². The molecule has 1 amide bonds. The van der Waals surface area contributed by atoms with Gasteiger partial charge in [-0.05, 0) is 61.0 Å². The number of carbonyl (C=O) groups excluding carboxylic acids is 1. The van der Waals surface area contributed by atoms with E-state index >= 15 is 0 Å². The first-order valence-corrected chi connectivity index (χ1v) is 6.61. The lowest BCUT2D eigenvalue weighted by Crippen LogP contribution is -2.17. The van der Waals surface area contributed by atoms with E-state index in [0.717, 1.165) is 11.3 Å². The van der Waals surface area contributed by atoms with Gasteiger partial charge in [0.15, 0.2) is 0 Å². The van der Waals surface area contributed by atoms with Gasteiger partial charge >= 0.3 is 0 Å². The zero-order valence-electron chi connectivity index (χ0n) is 11.7. The number of anilines is 1. The van der Waals surface area contributed by atoms with E-state index in [1.165, 1.54) is 0 Å². The molecule has 3 N–H and O–H groups in total. The minimum Gasteiger partial charge on any atom is -0.494 e. The molecule has 0 fully saturated rings. The van der Waals surface area contributed by atoms with E-state index < -0.39 is 0 Å². The average Bonchev–Trinajstić information content (AvgIpc) is 2.50. The first kappa shape index (κ1) is 14.6. The number of nitrogens with one attached hydrogen (secondary N) is 1. The van der Waals surface area contributed by atoms with Gasteiger partial charge in [0.2, 0.25) is 0 Å². The number of amides is 1. The molecule has 5 nitrogen and oxygen atoms in total. The first-order chi connectivity index (χ1) is 10.2. The topological polar surface area (TPSA) is 76.7 Å². The molecule has 0 aliphatic carbocycles. The van der Waals surface area contributed by atoms with E-state index in [4.69, 9.17) is 10.5 Å². The van der Waals surface area contributed by atoms with E-state index in [1.54, 1.807) is 30.5 Å². The number of ether oxygens (including phenoxy) is 1. The summed E-state index contributed by atoms with van der Waals surface area (Å²) in [7, 11) is 0. The van der Waals surface area contributed by atoms with Crippen LogP contribution in [-0.4, -0.2) is 18.7 Å². The molecule has 0 atom stereocenters. The molecule has 2 aromatic rings. The number of hydrogen-bond donors (Lipinski definition) is 2. The van der Waals surface area contributed by atoms with Crippen LogP contribution in [0.3, 0.4) is 0 Å². The highest BCUT2D eigenvalue weighted by atomic mass is 16.5. The maximum Gasteiger partial charge on any atom is 0.271 e. The Hall–Kier alpha value is -2.82. The van der Waals surface area contributed by atoms with Crippen molar-refractivity contribution >= 4 is 17.8 Å². The number of hydrazone groups is 1. The average molecular weight is 283 g/mol. The van der Waals surface area contributed by atoms with Crippen molar-refractivity contribution < 1.29 is 9.53 Å². The smallest absolute Gasteiger partial charge is 0.271 e. The third-order valence-corrected chi connectivity index (χ3v) is 2.74. The van der Waals surface area contributed by atoms with Gasteiger partial charge in [-0.1, -0.05) is 0 Å². The van der Waals surface area contributed by atoms with Gasteiger partial charge in [0.1, 0.15) is 5.75 Å². The van der Waals surface area contributed by atoms with Crippen molar-refractivity contribution in [3.63, 3.8) is 0 Å². The highest BCUT2D eigenvalue weighted by Crippen LogP contribution is 2.10. The number of benzene rings is 2. The molecule has 2 aromatic carbocycles. The van der Waals surface area contributed by atoms with E-state index in [2.05, 4.69) is 10.5 Å². The van der Waals surface area contributed by atoms with Gasteiger partial charge in [-0.15, -0.1) is 0 Å². The Balaban J connectivity index is 1.92.